The van der Waals surface area contributed by atoms with E-state index in [0.717, 1.165) is 11.6 Å². The van der Waals surface area contributed by atoms with Crippen molar-refractivity contribution in [2.75, 3.05) is 6.61 Å². The number of benzene rings is 2. The molecule has 1 nitrogen and oxygen atoms in total. The summed E-state index contributed by atoms with van der Waals surface area (Å²) in [6, 6.07) is 13.2. The summed E-state index contributed by atoms with van der Waals surface area (Å²) in [6.07, 6.45) is 0. The third-order valence-corrected chi connectivity index (χ3v) is 2.95. The van der Waals surface area contributed by atoms with Gasteiger partial charge < -0.3 is 5.11 Å². The number of aliphatic hydroxyl groups excluding tert-OH is 1. The number of rotatable bonds is 3. The zero-order valence-electron chi connectivity index (χ0n) is 10.0. The van der Waals surface area contributed by atoms with Crippen LogP contribution in [0.1, 0.15) is 12.5 Å². The van der Waals surface area contributed by atoms with Gasteiger partial charge in [-0.2, -0.15) is 0 Å². The van der Waals surface area contributed by atoms with E-state index in [1.54, 1.807) is 12.1 Å². The van der Waals surface area contributed by atoms with E-state index in [1.165, 1.54) is 19.1 Å². The second kappa shape index (κ2) is 4.86. The SMILES string of the molecule is C[C@@](F)(CO)c1ccc(-c2ccccc2)c(F)c1. The molecule has 0 aliphatic carbocycles. The van der Waals surface area contributed by atoms with Crippen LogP contribution in [0.4, 0.5) is 8.78 Å². The molecule has 2 aromatic rings. The molecule has 2 rings (SSSR count). The molecule has 0 bridgehead atoms. The standard InChI is InChI=1S/C15H14F2O/c1-15(17,10-18)12-7-8-13(14(16)9-12)11-5-3-2-4-6-11/h2-9,18H,10H2,1H3/t15-/m1/s1. The molecule has 1 N–H and O–H groups in total. The molecule has 0 unspecified atom stereocenters. The summed E-state index contributed by atoms with van der Waals surface area (Å²) in [7, 11) is 0. The number of halogens is 2. The largest absolute Gasteiger partial charge is 0.393 e. The third-order valence-electron chi connectivity index (χ3n) is 2.95. The molecular weight excluding hydrogens is 234 g/mol. The predicted octanol–water partition coefficient (Wildman–Crippen LogP) is 3.67. The van der Waals surface area contributed by atoms with Crippen molar-refractivity contribution in [2.45, 2.75) is 12.6 Å². The van der Waals surface area contributed by atoms with Crippen LogP contribution in [0.15, 0.2) is 48.5 Å². The average molecular weight is 248 g/mol. The second-order valence-corrected chi connectivity index (χ2v) is 4.42. The lowest BCUT2D eigenvalue weighted by Gasteiger charge is -2.18. The summed E-state index contributed by atoms with van der Waals surface area (Å²) in [6.45, 7) is 0.557. The Morgan fingerprint density at radius 2 is 1.78 bits per heavy atom. The highest BCUT2D eigenvalue weighted by atomic mass is 19.1. The molecule has 0 aromatic heterocycles. The van der Waals surface area contributed by atoms with Gasteiger partial charge in [-0.1, -0.05) is 42.5 Å². The normalized spacial score (nSPS) is 14.2. The van der Waals surface area contributed by atoms with Gasteiger partial charge in [0.15, 0.2) is 5.67 Å². The predicted molar refractivity (Wildman–Crippen MR) is 67.4 cm³/mol. The molecule has 0 saturated heterocycles. The van der Waals surface area contributed by atoms with Crippen LogP contribution in [0, 0.1) is 5.82 Å². The van der Waals surface area contributed by atoms with Gasteiger partial charge in [0, 0.05) is 5.56 Å². The summed E-state index contributed by atoms with van der Waals surface area (Å²) in [5, 5.41) is 8.93. The fourth-order valence-electron chi connectivity index (χ4n) is 1.78. The van der Waals surface area contributed by atoms with E-state index in [0.29, 0.717) is 5.56 Å². The lowest BCUT2D eigenvalue weighted by Crippen LogP contribution is -2.20. The molecule has 0 aliphatic rings. The highest BCUT2D eigenvalue weighted by molar-refractivity contribution is 5.64. The Morgan fingerprint density at radius 1 is 1.11 bits per heavy atom. The first-order valence-corrected chi connectivity index (χ1v) is 5.70. The minimum Gasteiger partial charge on any atom is -0.393 e. The maximum Gasteiger partial charge on any atom is 0.156 e. The highest BCUT2D eigenvalue weighted by Gasteiger charge is 2.25. The lowest BCUT2D eigenvalue weighted by atomic mass is 9.95. The molecule has 0 saturated carbocycles. The first-order chi connectivity index (χ1) is 8.54. The Bertz CT molecular complexity index is 535. The van der Waals surface area contributed by atoms with Gasteiger partial charge in [-0.05, 0) is 24.1 Å². The summed E-state index contributed by atoms with van der Waals surface area (Å²) in [5.41, 5.74) is -0.614. The van der Waals surface area contributed by atoms with E-state index < -0.39 is 18.1 Å². The first kappa shape index (κ1) is 12.7. The quantitative estimate of drug-likeness (QED) is 0.878. The summed E-state index contributed by atoms with van der Waals surface area (Å²) in [4.78, 5) is 0. The topological polar surface area (TPSA) is 20.2 Å². The second-order valence-electron chi connectivity index (χ2n) is 4.42. The van der Waals surface area contributed by atoms with Gasteiger partial charge in [-0.3, -0.25) is 0 Å². The summed E-state index contributed by atoms with van der Waals surface area (Å²) < 4.78 is 27.8. The molecule has 0 heterocycles. The van der Waals surface area contributed by atoms with Gasteiger partial charge in [-0.25, -0.2) is 8.78 Å². The molecule has 0 radical (unpaired) electrons. The molecule has 18 heavy (non-hydrogen) atoms. The molecule has 1 atom stereocenters. The molecule has 0 aliphatic heterocycles. The third kappa shape index (κ3) is 2.41. The van der Waals surface area contributed by atoms with E-state index in [9.17, 15) is 8.78 Å². The lowest BCUT2D eigenvalue weighted by molar-refractivity contribution is 0.0865. The fraction of sp³-hybridized carbons (Fsp3) is 0.200. The van der Waals surface area contributed by atoms with E-state index in [4.69, 9.17) is 5.11 Å². The average Bonchev–Trinajstić information content (AvgIpc) is 2.39. The molecule has 94 valence electrons. The monoisotopic (exact) mass is 248 g/mol. The van der Waals surface area contributed by atoms with Crippen molar-refractivity contribution in [3.63, 3.8) is 0 Å². The van der Waals surface area contributed by atoms with Crippen LogP contribution in [0.3, 0.4) is 0 Å². The van der Waals surface area contributed by atoms with Gasteiger partial charge in [0.25, 0.3) is 0 Å². The zero-order chi connectivity index (χ0) is 13.2. The van der Waals surface area contributed by atoms with Crippen LogP contribution in [0.5, 0.6) is 0 Å². The van der Waals surface area contributed by atoms with Crippen molar-refractivity contribution in [3.05, 3.63) is 59.9 Å². The van der Waals surface area contributed by atoms with Crippen LogP contribution < -0.4 is 0 Å². The number of alkyl halides is 1. The van der Waals surface area contributed by atoms with Crippen molar-refractivity contribution in [3.8, 4) is 11.1 Å². The van der Waals surface area contributed by atoms with E-state index in [2.05, 4.69) is 0 Å². The Labute approximate surface area is 105 Å². The Balaban J connectivity index is 2.44. The molecular formula is C15H14F2O. The summed E-state index contributed by atoms with van der Waals surface area (Å²) in [5.74, 6) is -0.490. The van der Waals surface area contributed by atoms with E-state index in [1.807, 2.05) is 18.2 Å². The van der Waals surface area contributed by atoms with Crippen molar-refractivity contribution in [1.82, 2.24) is 0 Å². The van der Waals surface area contributed by atoms with Crippen LogP contribution in [-0.2, 0) is 5.67 Å². The highest BCUT2D eigenvalue weighted by Crippen LogP contribution is 2.29. The number of hydrogen-bond acceptors (Lipinski definition) is 1. The van der Waals surface area contributed by atoms with Crippen LogP contribution >= 0.6 is 0 Å². The van der Waals surface area contributed by atoms with E-state index >= 15 is 0 Å². The molecule has 3 heteroatoms. The van der Waals surface area contributed by atoms with Crippen LogP contribution in [-0.4, -0.2) is 11.7 Å². The molecule has 0 amide bonds. The smallest absolute Gasteiger partial charge is 0.156 e. The molecule has 2 aromatic carbocycles. The number of hydrogen-bond donors (Lipinski definition) is 1. The maximum absolute atomic E-state index is 14.0. The van der Waals surface area contributed by atoms with Crippen molar-refractivity contribution in [2.24, 2.45) is 0 Å². The molecule has 0 fully saturated rings. The van der Waals surface area contributed by atoms with Crippen LogP contribution in [0.25, 0.3) is 11.1 Å². The van der Waals surface area contributed by atoms with Gasteiger partial charge in [0.05, 0.1) is 6.61 Å². The van der Waals surface area contributed by atoms with Crippen molar-refractivity contribution < 1.29 is 13.9 Å². The fourth-order valence-corrected chi connectivity index (χ4v) is 1.78. The Morgan fingerprint density at radius 3 is 2.33 bits per heavy atom. The van der Waals surface area contributed by atoms with Crippen molar-refractivity contribution >= 4 is 0 Å². The van der Waals surface area contributed by atoms with Gasteiger partial charge in [-0.15, -0.1) is 0 Å². The maximum atomic E-state index is 14.0. The molecule has 0 spiro atoms. The summed E-state index contributed by atoms with van der Waals surface area (Å²) >= 11 is 0. The Hall–Kier alpha value is -1.74. The minimum atomic E-state index is -1.92. The van der Waals surface area contributed by atoms with Gasteiger partial charge >= 0.3 is 0 Å². The Kier molecular flexibility index (Phi) is 3.43. The van der Waals surface area contributed by atoms with Gasteiger partial charge in [0.1, 0.15) is 5.82 Å². The number of aliphatic hydroxyl groups is 1. The van der Waals surface area contributed by atoms with Crippen LogP contribution in [0.2, 0.25) is 0 Å². The first-order valence-electron chi connectivity index (χ1n) is 5.70. The minimum absolute atomic E-state index is 0.141. The zero-order valence-corrected chi connectivity index (χ0v) is 10.0. The van der Waals surface area contributed by atoms with E-state index in [-0.39, 0.29) is 5.56 Å². The van der Waals surface area contributed by atoms with Crippen molar-refractivity contribution in [1.29, 1.82) is 0 Å². The van der Waals surface area contributed by atoms with Gasteiger partial charge in [0.2, 0.25) is 0 Å².